The number of ether oxygens (including phenoxy) is 4. The molecule has 0 bridgehead atoms. The van der Waals surface area contributed by atoms with Crippen molar-refractivity contribution in [1.82, 2.24) is 9.78 Å². The fourth-order valence-electron chi connectivity index (χ4n) is 3.13. The highest BCUT2D eigenvalue weighted by molar-refractivity contribution is 5.89. The molecule has 1 aromatic heterocycles. The molecule has 0 spiro atoms. The third kappa shape index (κ3) is 3.43. The van der Waals surface area contributed by atoms with Crippen LogP contribution >= 0.6 is 0 Å². The van der Waals surface area contributed by atoms with Crippen molar-refractivity contribution in [3.63, 3.8) is 0 Å². The highest BCUT2D eigenvalue weighted by Crippen LogP contribution is 2.44. The normalized spacial score (nSPS) is 10.6. The van der Waals surface area contributed by atoms with Gasteiger partial charge in [0.05, 0.1) is 33.5 Å². The Morgan fingerprint density at radius 2 is 1.54 bits per heavy atom. The number of aryl methyl sites for hydroxylation is 1. The second-order valence-corrected chi connectivity index (χ2v) is 6.10. The number of nitrogen functional groups attached to an aromatic ring is 1. The van der Waals surface area contributed by atoms with Crippen molar-refractivity contribution < 1.29 is 18.9 Å². The fraction of sp³-hybridized carbons (Fsp3) is 0.286. The molecule has 1 heterocycles. The van der Waals surface area contributed by atoms with Crippen molar-refractivity contribution >= 4 is 5.82 Å². The first-order valence-electron chi connectivity index (χ1n) is 8.90. The van der Waals surface area contributed by atoms with Crippen LogP contribution in [-0.4, -0.2) is 37.7 Å². The average Bonchev–Trinajstić information content (AvgIpc) is 3.02. The van der Waals surface area contributed by atoms with Gasteiger partial charge in [0.15, 0.2) is 11.5 Å². The lowest BCUT2D eigenvalue weighted by Crippen LogP contribution is -1.98. The Kier molecular flexibility index (Phi) is 5.63. The van der Waals surface area contributed by atoms with Crippen molar-refractivity contribution in [2.75, 3.05) is 33.7 Å². The van der Waals surface area contributed by atoms with Crippen LogP contribution in [0.4, 0.5) is 5.82 Å². The van der Waals surface area contributed by atoms with E-state index in [1.165, 1.54) is 0 Å². The maximum Gasteiger partial charge on any atom is 0.203 e. The van der Waals surface area contributed by atoms with E-state index in [4.69, 9.17) is 24.7 Å². The van der Waals surface area contributed by atoms with Gasteiger partial charge < -0.3 is 24.7 Å². The Morgan fingerprint density at radius 1 is 0.929 bits per heavy atom. The lowest BCUT2D eigenvalue weighted by Gasteiger charge is -2.14. The standard InChI is InChI=1S/C21H25N3O4/c1-6-28-15-9-7-13(8-10-15)18-19(23-24(2)21(18)22)14-11-16(25-3)20(27-5)17(12-14)26-4/h7-12H,6,22H2,1-5H3. The van der Waals surface area contributed by atoms with Crippen LogP contribution in [-0.2, 0) is 7.05 Å². The largest absolute Gasteiger partial charge is 0.494 e. The van der Waals surface area contributed by atoms with E-state index in [1.807, 2.05) is 50.4 Å². The molecular formula is C21H25N3O4. The zero-order valence-corrected chi connectivity index (χ0v) is 16.8. The van der Waals surface area contributed by atoms with Crippen molar-refractivity contribution in [2.24, 2.45) is 7.05 Å². The zero-order chi connectivity index (χ0) is 20.3. The number of nitrogens with two attached hydrogens (primary N) is 1. The number of benzene rings is 2. The van der Waals surface area contributed by atoms with Gasteiger partial charge in [0, 0.05) is 12.6 Å². The number of nitrogens with zero attached hydrogens (tertiary/aromatic N) is 2. The number of methoxy groups -OCH3 is 3. The minimum Gasteiger partial charge on any atom is -0.494 e. The van der Waals surface area contributed by atoms with Gasteiger partial charge in [0.2, 0.25) is 5.75 Å². The van der Waals surface area contributed by atoms with Crippen LogP contribution in [0.15, 0.2) is 36.4 Å². The van der Waals surface area contributed by atoms with Gasteiger partial charge in [-0.05, 0) is 36.8 Å². The summed E-state index contributed by atoms with van der Waals surface area (Å²) in [5.41, 5.74) is 9.66. The fourth-order valence-corrected chi connectivity index (χ4v) is 3.13. The van der Waals surface area contributed by atoms with Gasteiger partial charge >= 0.3 is 0 Å². The molecule has 7 heteroatoms. The summed E-state index contributed by atoms with van der Waals surface area (Å²) in [7, 11) is 6.56. The van der Waals surface area contributed by atoms with Crippen molar-refractivity contribution in [3.05, 3.63) is 36.4 Å². The Balaban J connectivity index is 2.17. The molecule has 2 N–H and O–H groups in total. The number of rotatable bonds is 7. The molecule has 0 saturated carbocycles. The first-order chi connectivity index (χ1) is 13.5. The molecule has 0 atom stereocenters. The van der Waals surface area contributed by atoms with Crippen LogP contribution in [0.5, 0.6) is 23.0 Å². The van der Waals surface area contributed by atoms with E-state index >= 15 is 0 Å². The molecule has 148 valence electrons. The minimum atomic E-state index is 0.528. The molecular weight excluding hydrogens is 358 g/mol. The van der Waals surface area contributed by atoms with E-state index in [1.54, 1.807) is 26.0 Å². The molecule has 28 heavy (non-hydrogen) atoms. The van der Waals surface area contributed by atoms with Gasteiger partial charge in [-0.15, -0.1) is 0 Å². The van der Waals surface area contributed by atoms with Gasteiger partial charge in [-0.1, -0.05) is 12.1 Å². The molecule has 3 aromatic rings. The van der Waals surface area contributed by atoms with E-state index in [-0.39, 0.29) is 0 Å². The van der Waals surface area contributed by atoms with Gasteiger partial charge in [-0.3, -0.25) is 4.68 Å². The van der Waals surface area contributed by atoms with Crippen LogP contribution < -0.4 is 24.7 Å². The highest BCUT2D eigenvalue weighted by Gasteiger charge is 2.21. The SMILES string of the molecule is CCOc1ccc(-c2c(-c3cc(OC)c(OC)c(OC)c3)nn(C)c2N)cc1. The smallest absolute Gasteiger partial charge is 0.203 e. The minimum absolute atomic E-state index is 0.528. The summed E-state index contributed by atoms with van der Waals surface area (Å²) in [5.74, 6) is 3.01. The molecule has 0 saturated heterocycles. The van der Waals surface area contributed by atoms with Crippen molar-refractivity contribution in [3.8, 4) is 45.4 Å². The number of hydrogen-bond donors (Lipinski definition) is 1. The maximum atomic E-state index is 6.35. The second-order valence-electron chi connectivity index (χ2n) is 6.10. The molecule has 0 radical (unpaired) electrons. The van der Waals surface area contributed by atoms with Crippen LogP contribution in [0, 0.1) is 0 Å². The molecule has 0 aliphatic rings. The first-order valence-corrected chi connectivity index (χ1v) is 8.90. The number of aromatic nitrogens is 2. The topological polar surface area (TPSA) is 80.8 Å². The lowest BCUT2D eigenvalue weighted by atomic mass is 10.00. The summed E-state index contributed by atoms with van der Waals surface area (Å²) in [6, 6.07) is 11.5. The summed E-state index contributed by atoms with van der Waals surface area (Å²) in [5, 5.41) is 4.63. The molecule has 0 aliphatic heterocycles. The summed E-state index contributed by atoms with van der Waals surface area (Å²) < 4.78 is 23.6. The predicted molar refractivity (Wildman–Crippen MR) is 109 cm³/mol. The van der Waals surface area contributed by atoms with Gasteiger partial charge in [-0.25, -0.2) is 0 Å². The molecule has 0 aliphatic carbocycles. The zero-order valence-electron chi connectivity index (χ0n) is 16.8. The Labute approximate surface area is 164 Å². The number of anilines is 1. The van der Waals surface area contributed by atoms with Crippen LogP contribution in [0.1, 0.15) is 6.92 Å². The third-order valence-electron chi connectivity index (χ3n) is 4.48. The summed E-state index contributed by atoms with van der Waals surface area (Å²) in [4.78, 5) is 0. The van der Waals surface area contributed by atoms with E-state index in [2.05, 4.69) is 5.10 Å². The van der Waals surface area contributed by atoms with Gasteiger partial charge in [0.1, 0.15) is 17.3 Å². The number of hydrogen-bond acceptors (Lipinski definition) is 6. The Hall–Kier alpha value is -3.35. The lowest BCUT2D eigenvalue weighted by molar-refractivity contribution is 0.324. The molecule has 0 unspecified atom stereocenters. The highest BCUT2D eigenvalue weighted by atomic mass is 16.5. The average molecular weight is 383 g/mol. The quantitative estimate of drug-likeness (QED) is 0.669. The maximum absolute atomic E-state index is 6.35. The Morgan fingerprint density at radius 3 is 2.04 bits per heavy atom. The van der Waals surface area contributed by atoms with Crippen LogP contribution in [0.2, 0.25) is 0 Å². The van der Waals surface area contributed by atoms with Gasteiger partial charge in [0.25, 0.3) is 0 Å². The molecule has 7 nitrogen and oxygen atoms in total. The Bertz CT molecular complexity index is 940. The summed E-state index contributed by atoms with van der Waals surface area (Å²) in [6.45, 7) is 2.57. The molecule has 2 aromatic carbocycles. The van der Waals surface area contributed by atoms with Crippen molar-refractivity contribution in [1.29, 1.82) is 0 Å². The second kappa shape index (κ2) is 8.12. The van der Waals surface area contributed by atoms with Crippen molar-refractivity contribution in [2.45, 2.75) is 6.92 Å². The third-order valence-corrected chi connectivity index (χ3v) is 4.48. The molecule has 0 fully saturated rings. The first kappa shape index (κ1) is 19.4. The molecule has 3 rings (SSSR count). The van der Waals surface area contributed by atoms with Gasteiger partial charge in [-0.2, -0.15) is 5.10 Å². The van der Waals surface area contributed by atoms with E-state index in [0.717, 1.165) is 28.1 Å². The summed E-state index contributed by atoms with van der Waals surface area (Å²) in [6.07, 6.45) is 0. The van der Waals surface area contributed by atoms with Crippen LogP contribution in [0.25, 0.3) is 22.4 Å². The van der Waals surface area contributed by atoms with Crippen LogP contribution in [0.3, 0.4) is 0 Å². The van der Waals surface area contributed by atoms with E-state index < -0.39 is 0 Å². The van der Waals surface area contributed by atoms with E-state index in [0.29, 0.717) is 29.7 Å². The van der Waals surface area contributed by atoms with E-state index in [9.17, 15) is 0 Å². The summed E-state index contributed by atoms with van der Waals surface area (Å²) >= 11 is 0. The monoisotopic (exact) mass is 383 g/mol. The molecule has 0 amide bonds. The predicted octanol–water partition coefficient (Wildman–Crippen LogP) is 3.76.